The van der Waals surface area contributed by atoms with Gasteiger partial charge in [0.25, 0.3) is 0 Å². The molecule has 0 N–H and O–H groups in total. The Bertz CT molecular complexity index is 38.5. The Hall–Kier alpha value is 1.60. The third-order valence-corrected chi connectivity index (χ3v) is 3.05. The first kappa shape index (κ1) is 7.60. The van der Waals surface area contributed by atoms with E-state index in [-0.39, 0.29) is 0 Å². The van der Waals surface area contributed by atoms with Gasteiger partial charge >= 0.3 is 0 Å². The summed E-state index contributed by atoms with van der Waals surface area (Å²) in [5.74, 6) is 0. The Balaban J connectivity index is 3.17. The van der Waals surface area contributed by atoms with E-state index in [4.69, 9.17) is 34.8 Å². The van der Waals surface area contributed by atoms with Gasteiger partial charge in [-0.1, -0.05) is 57.4 Å². The standard InChI is InChI=1S/C2H2Cl3I/c3-2(4,5)1-6/h1H2. The molecule has 4 heteroatoms. The fraction of sp³-hybridized carbons (Fsp3) is 1.00. The van der Waals surface area contributed by atoms with Gasteiger partial charge in [0, 0.05) is 4.43 Å². The molecule has 0 aromatic heterocycles. The molecule has 38 valence electrons. The highest BCUT2D eigenvalue weighted by atomic mass is 127. The molecule has 0 aliphatic heterocycles. The van der Waals surface area contributed by atoms with Crippen LogP contribution in [-0.2, 0) is 0 Å². The van der Waals surface area contributed by atoms with E-state index in [0.717, 1.165) is 0 Å². The van der Waals surface area contributed by atoms with Crippen molar-refractivity contribution in [1.29, 1.82) is 0 Å². The van der Waals surface area contributed by atoms with E-state index in [1.807, 2.05) is 22.6 Å². The number of rotatable bonds is 0. The average Bonchev–Trinajstić information content (AvgIpc) is 1.35. The van der Waals surface area contributed by atoms with Gasteiger partial charge in [0.1, 0.15) is 0 Å². The maximum atomic E-state index is 5.24. The fourth-order valence-corrected chi connectivity index (χ4v) is 0. The van der Waals surface area contributed by atoms with Gasteiger partial charge in [-0.05, 0) is 0 Å². The lowest BCUT2D eigenvalue weighted by atomic mass is 10.9. The van der Waals surface area contributed by atoms with Crippen molar-refractivity contribution >= 4 is 57.4 Å². The van der Waals surface area contributed by atoms with Crippen molar-refractivity contribution < 1.29 is 0 Å². The summed E-state index contributed by atoms with van der Waals surface area (Å²) in [6, 6.07) is 0. The largest absolute Gasteiger partial charge is 0.199 e. The molecule has 0 aromatic carbocycles. The van der Waals surface area contributed by atoms with Crippen LogP contribution in [0.5, 0.6) is 0 Å². The van der Waals surface area contributed by atoms with Crippen molar-refractivity contribution in [2.75, 3.05) is 4.43 Å². The van der Waals surface area contributed by atoms with E-state index in [0.29, 0.717) is 4.43 Å². The zero-order chi connectivity index (χ0) is 5.21. The topological polar surface area (TPSA) is 0 Å². The van der Waals surface area contributed by atoms with Crippen molar-refractivity contribution in [2.24, 2.45) is 0 Å². The lowest BCUT2D eigenvalue weighted by Gasteiger charge is -2.01. The first-order valence-corrected chi connectivity index (χ1v) is 3.85. The van der Waals surface area contributed by atoms with Crippen LogP contribution in [0.4, 0.5) is 0 Å². The van der Waals surface area contributed by atoms with Gasteiger partial charge < -0.3 is 0 Å². The SMILES string of the molecule is ClC(Cl)(Cl)CI. The molecule has 0 aliphatic carbocycles. The minimum atomic E-state index is -1.05. The summed E-state index contributed by atoms with van der Waals surface area (Å²) in [6.07, 6.45) is 0. The first-order chi connectivity index (χ1) is 2.56. The molecule has 0 heterocycles. The van der Waals surface area contributed by atoms with Gasteiger partial charge in [0.2, 0.25) is 0 Å². The molecular formula is C2H2Cl3I. The highest BCUT2D eigenvalue weighted by Crippen LogP contribution is 2.27. The second-order valence-corrected chi connectivity index (χ2v) is 4.03. The second kappa shape index (κ2) is 2.80. The Morgan fingerprint density at radius 2 is 1.50 bits per heavy atom. The fourth-order valence-electron chi connectivity index (χ4n) is 0. The van der Waals surface area contributed by atoms with Gasteiger partial charge in [-0.15, -0.1) is 0 Å². The Morgan fingerprint density at radius 1 is 1.33 bits per heavy atom. The third-order valence-electron chi connectivity index (χ3n) is 0.152. The molecule has 0 saturated heterocycles. The van der Waals surface area contributed by atoms with Crippen molar-refractivity contribution in [2.45, 2.75) is 3.79 Å². The predicted octanol–water partition coefficient (Wildman–Crippen LogP) is 2.79. The van der Waals surface area contributed by atoms with E-state index in [1.54, 1.807) is 0 Å². The summed E-state index contributed by atoms with van der Waals surface area (Å²) < 4.78 is -0.518. The van der Waals surface area contributed by atoms with E-state index in [9.17, 15) is 0 Å². The first-order valence-electron chi connectivity index (χ1n) is 1.19. The van der Waals surface area contributed by atoms with E-state index in [2.05, 4.69) is 0 Å². The molecule has 0 saturated carbocycles. The number of halogens is 4. The minimum Gasteiger partial charge on any atom is -0.0828 e. The predicted molar refractivity (Wildman–Crippen MR) is 39.2 cm³/mol. The van der Waals surface area contributed by atoms with Crippen LogP contribution in [0, 0.1) is 0 Å². The zero-order valence-corrected chi connectivity index (χ0v) is 7.14. The van der Waals surface area contributed by atoms with Crippen molar-refractivity contribution in [3.8, 4) is 0 Å². The lowest BCUT2D eigenvalue weighted by molar-refractivity contribution is 1.33. The van der Waals surface area contributed by atoms with Gasteiger partial charge in [-0.3, -0.25) is 0 Å². The minimum absolute atomic E-state index is 0.537. The quantitative estimate of drug-likeness (QED) is 0.463. The normalized spacial score (nSPS) is 12.0. The van der Waals surface area contributed by atoms with E-state index < -0.39 is 3.79 Å². The Morgan fingerprint density at radius 3 is 1.50 bits per heavy atom. The van der Waals surface area contributed by atoms with Crippen LogP contribution < -0.4 is 0 Å². The molecule has 0 nitrogen and oxygen atoms in total. The van der Waals surface area contributed by atoms with Crippen LogP contribution in [0.3, 0.4) is 0 Å². The number of hydrogen-bond donors (Lipinski definition) is 0. The highest BCUT2D eigenvalue weighted by molar-refractivity contribution is 14.1. The number of hydrogen-bond acceptors (Lipinski definition) is 0. The summed E-state index contributed by atoms with van der Waals surface area (Å²) in [5.41, 5.74) is 0. The zero-order valence-electron chi connectivity index (χ0n) is 2.72. The Labute approximate surface area is 65.3 Å². The molecule has 6 heavy (non-hydrogen) atoms. The van der Waals surface area contributed by atoms with Crippen LogP contribution in [-0.4, -0.2) is 8.22 Å². The molecule has 0 amide bonds. The number of alkyl halides is 4. The molecule has 0 atom stereocenters. The van der Waals surface area contributed by atoms with Crippen molar-refractivity contribution in [3.05, 3.63) is 0 Å². The van der Waals surface area contributed by atoms with Gasteiger partial charge in [-0.2, -0.15) is 0 Å². The van der Waals surface area contributed by atoms with Crippen molar-refractivity contribution in [1.82, 2.24) is 0 Å². The van der Waals surface area contributed by atoms with Gasteiger partial charge in [0.15, 0.2) is 3.79 Å². The van der Waals surface area contributed by atoms with Crippen LogP contribution >= 0.6 is 57.4 Å². The molecular weight excluding hydrogens is 257 g/mol. The summed E-state index contributed by atoms with van der Waals surface area (Å²) >= 11 is 17.7. The maximum absolute atomic E-state index is 5.24. The van der Waals surface area contributed by atoms with Crippen LogP contribution in [0.15, 0.2) is 0 Å². The molecule has 0 fully saturated rings. The lowest BCUT2D eigenvalue weighted by Crippen LogP contribution is -2.00. The van der Waals surface area contributed by atoms with Crippen LogP contribution in [0.25, 0.3) is 0 Å². The molecule has 0 unspecified atom stereocenters. The van der Waals surface area contributed by atoms with E-state index in [1.165, 1.54) is 0 Å². The maximum Gasteiger partial charge on any atom is 0.199 e. The van der Waals surface area contributed by atoms with Crippen molar-refractivity contribution in [3.63, 3.8) is 0 Å². The molecule has 0 spiro atoms. The molecule has 0 aliphatic rings. The molecule has 0 rings (SSSR count). The van der Waals surface area contributed by atoms with Crippen LogP contribution in [0.2, 0.25) is 0 Å². The van der Waals surface area contributed by atoms with Gasteiger partial charge in [-0.25, -0.2) is 0 Å². The average molecular weight is 259 g/mol. The Kier molecular flexibility index (Phi) is 3.54. The summed E-state index contributed by atoms with van der Waals surface area (Å²) in [5, 5.41) is 0. The molecule has 0 bridgehead atoms. The van der Waals surface area contributed by atoms with E-state index >= 15 is 0 Å². The highest BCUT2D eigenvalue weighted by Gasteiger charge is 2.15. The molecule has 0 radical (unpaired) electrons. The third kappa shape index (κ3) is 5.60. The molecule has 0 aromatic rings. The van der Waals surface area contributed by atoms with Crippen LogP contribution in [0.1, 0.15) is 0 Å². The second-order valence-electron chi connectivity index (χ2n) is 0.749. The van der Waals surface area contributed by atoms with Gasteiger partial charge in [0.05, 0.1) is 0 Å². The summed E-state index contributed by atoms with van der Waals surface area (Å²) in [7, 11) is 0. The smallest absolute Gasteiger partial charge is 0.0828 e. The summed E-state index contributed by atoms with van der Waals surface area (Å²) in [6.45, 7) is 0. The monoisotopic (exact) mass is 258 g/mol. The summed E-state index contributed by atoms with van der Waals surface area (Å²) in [4.78, 5) is 0.